The molecule has 0 N–H and O–H groups in total. The van der Waals surface area contributed by atoms with Crippen molar-refractivity contribution in [1.82, 2.24) is 4.90 Å². The van der Waals surface area contributed by atoms with E-state index in [9.17, 15) is 4.79 Å². The maximum absolute atomic E-state index is 12.2. The third kappa shape index (κ3) is 5.95. The second-order valence-corrected chi connectivity index (χ2v) is 6.95. The zero-order valence-corrected chi connectivity index (χ0v) is 14.2. The van der Waals surface area contributed by atoms with Crippen molar-refractivity contribution >= 4 is 5.78 Å². The minimum atomic E-state index is 0.310. The van der Waals surface area contributed by atoms with Gasteiger partial charge in [0.2, 0.25) is 0 Å². The molecule has 0 aromatic heterocycles. The molecule has 1 aliphatic carbocycles. The van der Waals surface area contributed by atoms with Crippen molar-refractivity contribution in [3.05, 3.63) is 0 Å². The zero-order valence-electron chi connectivity index (χ0n) is 14.2. The molecule has 0 amide bonds. The molecule has 2 nitrogen and oxygen atoms in total. The van der Waals surface area contributed by atoms with E-state index in [1.807, 2.05) is 0 Å². The van der Waals surface area contributed by atoms with E-state index < -0.39 is 0 Å². The van der Waals surface area contributed by atoms with E-state index in [1.165, 1.54) is 38.8 Å². The largest absolute Gasteiger partial charge is 0.303 e. The highest BCUT2D eigenvalue weighted by Gasteiger charge is 2.31. The number of hydrogen-bond donors (Lipinski definition) is 0. The van der Waals surface area contributed by atoms with E-state index >= 15 is 0 Å². The summed E-state index contributed by atoms with van der Waals surface area (Å²) in [6, 6.07) is 0. The summed E-state index contributed by atoms with van der Waals surface area (Å²) in [6.07, 6.45) is 8.09. The van der Waals surface area contributed by atoms with E-state index in [0.717, 1.165) is 37.6 Å². The maximum Gasteiger partial charge on any atom is 0.137 e. The average Bonchev–Trinajstić information content (AvgIpc) is 2.43. The lowest BCUT2D eigenvalue weighted by Crippen LogP contribution is -2.38. The fraction of sp³-hybridized carbons (Fsp3) is 0.944. The van der Waals surface area contributed by atoms with Crippen LogP contribution in [-0.4, -0.2) is 30.3 Å². The number of carbonyl (C=O) groups is 1. The third-order valence-corrected chi connectivity index (χ3v) is 4.88. The van der Waals surface area contributed by atoms with Crippen LogP contribution >= 0.6 is 0 Å². The summed E-state index contributed by atoms with van der Waals surface area (Å²) in [4.78, 5) is 14.8. The molecule has 1 fully saturated rings. The Morgan fingerprint density at radius 1 is 1.15 bits per heavy atom. The summed E-state index contributed by atoms with van der Waals surface area (Å²) >= 11 is 0. The van der Waals surface area contributed by atoms with E-state index in [0.29, 0.717) is 11.7 Å². The smallest absolute Gasteiger partial charge is 0.137 e. The van der Waals surface area contributed by atoms with Crippen LogP contribution in [0.1, 0.15) is 72.6 Å². The molecule has 20 heavy (non-hydrogen) atoms. The number of nitrogens with zero attached hydrogens (tertiary/aromatic N) is 1. The molecular formula is C18H35NO. The van der Waals surface area contributed by atoms with Gasteiger partial charge in [-0.1, -0.05) is 40.5 Å². The Labute approximate surface area is 126 Å². The van der Waals surface area contributed by atoms with Crippen LogP contribution in [-0.2, 0) is 4.79 Å². The molecule has 0 heterocycles. The molecule has 118 valence electrons. The zero-order chi connectivity index (χ0) is 15.0. The van der Waals surface area contributed by atoms with E-state index in [2.05, 4.69) is 32.6 Å². The van der Waals surface area contributed by atoms with E-state index in [1.54, 1.807) is 0 Å². The van der Waals surface area contributed by atoms with E-state index in [4.69, 9.17) is 0 Å². The topological polar surface area (TPSA) is 20.3 Å². The number of hydrogen-bond acceptors (Lipinski definition) is 2. The van der Waals surface area contributed by atoms with Crippen LogP contribution in [0.5, 0.6) is 0 Å². The van der Waals surface area contributed by atoms with Gasteiger partial charge in [-0.3, -0.25) is 4.79 Å². The molecule has 0 bridgehead atoms. The Bertz CT molecular complexity index is 267. The van der Waals surface area contributed by atoms with Gasteiger partial charge >= 0.3 is 0 Å². The third-order valence-electron chi connectivity index (χ3n) is 4.88. The van der Waals surface area contributed by atoms with Gasteiger partial charge < -0.3 is 4.90 Å². The number of Topliss-reactive ketones (excluding diaryl/α,β-unsaturated/α-hetero) is 1. The highest BCUT2D eigenvalue weighted by atomic mass is 16.1. The molecular weight excluding hydrogens is 246 g/mol. The van der Waals surface area contributed by atoms with Gasteiger partial charge in [-0.25, -0.2) is 0 Å². The minimum Gasteiger partial charge on any atom is -0.303 e. The van der Waals surface area contributed by atoms with Gasteiger partial charge in [-0.2, -0.15) is 0 Å². The first-order chi connectivity index (χ1) is 9.58. The van der Waals surface area contributed by atoms with Crippen LogP contribution in [0.25, 0.3) is 0 Å². The van der Waals surface area contributed by atoms with Crippen LogP contribution in [0.3, 0.4) is 0 Å². The van der Waals surface area contributed by atoms with Crippen molar-refractivity contribution in [2.24, 2.45) is 17.8 Å². The summed E-state index contributed by atoms with van der Waals surface area (Å²) in [5, 5.41) is 0. The van der Waals surface area contributed by atoms with Crippen molar-refractivity contribution < 1.29 is 4.79 Å². The van der Waals surface area contributed by atoms with Crippen LogP contribution < -0.4 is 0 Å². The van der Waals surface area contributed by atoms with Crippen molar-refractivity contribution in [3.8, 4) is 0 Å². The van der Waals surface area contributed by atoms with Gasteiger partial charge in [0.1, 0.15) is 5.78 Å². The van der Waals surface area contributed by atoms with Crippen molar-refractivity contribution in [3.63, 3.8) is 0 Å². The summed E-state index contributed by atoms with van der Waals surface area (Å²) in [7, 11) is 0. The Kier molecular flexibility index (Phi) is 8.44. The lowest BCUT2D eigenvalue weighted by Gasteiger charge is -2.34. The average molecular weight is 281 g/mol. The molecule has 1 saturated carbocycles. The number of carbonyl (C=O) groups excluding carboxylic acids is 1. The Balaban J connectivity index is 2.52. The molecule has 2 unspecified atom stereocenters. The highest BCUT2D eigenvalue weighted by molar-refractivity contribution is 5.82. The Hall–Kier alpha value is -0.370. The van der Waals surface area contributed by atoms with Crippen LogP contribution in [0, 0.1) is 17.8 Å². The van der Waals surface area contributed by atoms with Crippen LogP contribution in [0.4, 0.5) is 0 Å². The standard InChI is InChI=1S/C18H35NO/c1-5-7-11-19(12-8-6-2)14-17-13-16(15(3)4)9-10-18(17)20/h15-17H,5-14H2,1-4H3. The number of unbranched alkanes of at least 4 members (excludes halogenated alkanes) is 2. The first kappa shape index (κ1) is 17.7. The highest BCUT2D eigenvalue weighted by Crippen LogP contribution is 2.32. The van der Waals surface area contributed by atoms with Crippen molar-refractivity contribution in [1.29, 1.82) is 0 Å². The number of ketones is 1. The quantitative estimate of drug-likeness (QED) is 0.619. The molecule has 0 spiro atoms. The second kappa shape index (κ2) is 9.55. The molecule has 0 aliphatic heterocycles. The molecule has 2 heteroatoms. The molecule has 2 atom stereocenters. The van der Waals surface area contributed by atoms with Gasteiger partial charge in [-0.05, 0) is 50.6 Å². The molecule has 0 aromatic rings. The predicted octanol–water partition coefficient (Wildman–Crippen LogP) is 4.53. The number of rotatable bonds is 9. The fourth-order valence-electron chi connectivity index (χ4n) is 3.30. The first-order valence-corrected chi connectivity index (χ1v) is 8.83. The van der Waals surface area contributed by atoms with Gasteiger partial charge in [0.05, 0.1) is 0 Å². The first-order valence-electron chi connectivity index (χ1n) is 8.83. The van der Waals surface area contributed by atoms with Gasteiger partial charge in [0.15, 0.2) is 0 Å². The summed E-state index contributed by atoms with van der Waals surface area (Å²) in [5.41, 5.74) is 0. The van der Waals surface area contributed by atoms with Gasteiger partial charge in [0, 0.05) is 18.9 Å². The summed E-state index contributed by atoms with van der Waals surface area (Å²) < 4.78 is 0. The monoisotopic (exact) mass is 281 g/mol. The lowest BCUT2D eigenvalue weighted by molar-refractivity contribution is -0.126. The Morgan fingerprint density at radius 3 is 2.25 bits per heavy atom. The predicted molar refractivity (Wildman–Crippen MR) is 86.9 cm³/mol. The summed E-state index contributed by atoms with van der Waals surface area (Å²) in [6.45, 7) is 12.5. The van der Waals surface area contributed by atoms with Crippen LogP contribution in [0.15, 0.2) is 0 Å². The maximum atomic E-state index is 12.2. The lowest BCUT2D eigenvalue weighted by atomic mass is 9.75. The Morgan fingerprint density at radius 2 is 1.75 bits per heavy atom. The molecule has 0 saturated heterocycles. The van der Waals surface area contributed by atoms with Crippen molar-refractivity contribution in [2.75, 3.05) is 19.6 Å². The van der Waals surface area contributed by atoms with E-state index in [-0.39, 0.29) is 0 Å². The minimum absolute atomic E-state index is 0.310. The molecule has 1 aliphatic rings. The molecule has 1 rings (SSSR count). The SMILES string of the molecule is CCCCN(CCCC)CC1CC(C(C)C)CCC1=O. The van der Waals surface area contributed by atoms with Gasteiger partial charge in [-0.15, -0.1) is 0 Å². The fourth-order valence-corrected chi connectivity index (χ4v) is 3.30. The second-order valence-electron chi connectivity index (χ2n) is 6.95. The van der Waals surface area contributed by atoms with Crippen LogP contribution in [0.2, 0.25) is 0 Å². The van der Waals surface area contributed by atoms with Gasteiger partial charge in [0.25, 0.3) is 0 Å². The molecule has 0 radical (unpaired) electrons. The normalized spacial score (nSPS) is 23.8. The molecule has 0 aromatic carbocycles. The summed E-state index contributed by atoms with van der Waals surface area (Å²) in [5.74, 6) is 2.33. The van der Waals surface area contributed by atoms with Crippen molar-refractivity contribution in [2.45, 2.75) is 72.6 Å².